The average Bonchev–Trinajstić information content (AvgIpc) is 2.73. The van der Waals surface area contributed by atoms with Crippen LogP contribution >= 0.6 is 0 Å². The minimum atomic E-state index is -1.07. The molecule has 2 aromatic rings. The number of aryl methyl sites for hydroxylation is 1. The molecule has 0 aliphatic carbocycles. The van der Waals surface area contributed by atoms with Gasteiger partial charge in [0.25, 0.3) is 0 Å². The molecule has 1 aromatic carbocycles. The summed E-state index contributed by atoms with van der Waals surface area (Å²) in [6.07, 6.45) is -0.390. The highest BCUT2D eigenvalue weighted by atomic mass is 16.5. The van der Waals surface area contributed by atoms with Gasteiger partial charge in [0, 0.05) is 24.7 Å². The molecule has 2 heterocycles. The van der Waals surface area contributed by atoms with E-state index in [0.29, 0.717) is 29.9 Å². The van der Waals surface area contributed by atoms with Crippen LogP contribution in [-0.4, -0.2) is 27.8 Å². The van der Waals surface area contributed by atoms with Crippen LogP contribution in [0.25, 0.3) is 0 Å². The van der Waals surface area contributed by atoms with Crippen molar-refractivity contribution in [1.82, 2.24) is 4.57 Å². The van der Waals surface area contributed by atoms with Gasteiger partial charge in [-0.1, -0.05) is 6.07 Å². The molecule has 0 bridgehead atoms. The number of aromatic nitrogens is 1. The number of fused-ring (bicyclic) bond motifs is 2. The normalized spacial score (nSPS) is 14.6. The van der Waals surface area contributed by atoms with Crippen molar-refractivity contribution in [3.8, 4) is 5.75 Å². The smallest absolute Gasteiger partial charge is 0.213 e. The number of aliphatic hydroxyl groups excluding tert-OH is 1. The van der Waals surface area contributed by atoms with Crippen LogP contribution in [0, 0.1) is 6.92 Å². The molecule has 22 heavy (non-hydrogen) atoms. The van der Waals surface area contributed by atoms with Gasteiger partial charge in [0.15, 0.2) is 0 Å². The Morgan fingerprint density at radius 2 is 2.18 bits per heavy atom. The fourth-order valence-corrected chi connectivity index (χ4v) is 2.81. The summed E-state index contributed by atoms with van der Waals surface area (Å²) in [5.74, 6) is 0.493. The van der Waals surface area contributed by atoms with Gasteiger partial charge in [-0.05, 0) is 30.7 Å². The molecule has 3 rings (SSSR count). The third-order valence-electron chi connectivity index (χ3n) is 3.97. The van der Waals surface area contributed by atoms with Crippen LogP contribution in [0.5, 0.6) is 5.75 Å². The maximum absolute atomic E-state index is 12.8. The predicted molar refractivity (Wildman–Crippen MR) is 80.1 cm³/mol. The molecule has 5 heteroatoms. The van der Waals surface area contributed by atoms with Gasteiger partial charge in [-0.15, -0.1) is 0 Å². The Morgan fingerprint density at radius 3 is 2.91 bits per heavy atom. The summed E-state index contributed by atoms with van der Waals surface area (Å²) >= 11 is 0. The summed E-state index contributed by atoms with van der Waals surface area (Å²) in [5, 5.41) is 9.51. The van der Waals surface area contributed by atoms with Crippen LogP contribution in [0.2, 0.25) is 0 Å². The first-order valence-corrected chi connectivity index (χ1v) is 7.10. The van der Waals surface area contributed by atoms with Crippen molar-refractivity contribution in [3.63, 3.8) is 0 Å². The first-order chi connectivity index (χ1) is 10.5. The van der Waals surface area contributed by atoms with Gasteiger partial charge in [-0.25, -0.2) is 0 Å². The number of ether oxygens (including phenoxy) is 1. The zero-order valence-corrected chi connectivity index (χ0v) is 12.5. The van der Waals surface area contributed by atoms with Crippen molar-refractivity contribution in [2.75, 3.05) is 0 Å². The number of benzene rings is 1. The predicted octanol–water partition coefficient (Wildman–Crippen LogP) is 1.56. The van der Waals surface area contributed by atoms with E-state index < -0.39 is 6.10 Å². The summed E-state index contributed by atoms with van der Waals surface area (Å²) < 4.78 is 7.50. The number of carbonyl (C=O) groups excluding carboxylic acids is 2. The summed E-state index contributed by atoms with van der Waals surface area (Å²) in [4.78, 5) is 23.4. The number of hydrogen-bond acceptors (Lipinski definition) is 4. The number of aliphatic hydroxyl groups is 1. The summed E-state index contributed by atoms with van der Waals surface area (Å²) in [6.45, 7) is 2.24. The highest BCUT2D eigenvalue weighted by Crippen LogP contribution is 2.30. The molecule has 0 amide bonds. The number of nitrogens with zero attached hydrogens (tertiary/aromatic N) is 1. The van der Waals surface area contributed by atoms with Gasteiger partial charge in [-0.3, -0.25) is 4.79 Å². The van der Waals surface area contributed by atoms with E-state index >= 15 is 0 Å². The largest absolute Gasteiger partial charge is 0.488 e. The third kappa shape index (κ3) is 2.33. The van der Waals surface area contributed by atoms with Gasteiger partial charge in [0.2, 0.25) is 5.78 Å². The fourth-order valence-electron chi connectivity index (χ4n) is 2.81. The number of hydrogen-bond donors (Lipinski definition) is 1. The average molecular weight is 299 g/mol. The van der Waals surface area contributed by atoms with Crippen molar-refractivity contribution < 1.29 is 19.4 Å². The lowest BCUT2D eigenvalue weighted by Crippen LogP contribution is -2.16. The summed E-state index contributed by atoms with van der Waals surface area (Å²) in [7, 11) is 1.77. The van der Waals surface area contributed by atoms with Crippen LogP contribution in [-0.2, 0) is 24.9 Å². The molecular weight excluding hydrogens is 282 g/mol. The lowest BCUT2D eigenvalue weighted by Gasteiger charge is -2.09. The van der Waals surface area contributed by atoms with Crippen LogP contribution in [0.4, 0.5) is 0 Å². The molecule has 0 fully saturated rings. The SMILES string of the molecule is Cc1ccc2c(c1)OCc1cc(CC(O)C=O)n(C)c1C2=O. The van der Waals surface area contributed by atoms with Crippen molar-refractivity contribution in [2.45, 2.75) is 26.1 Å². The lowest BCUT2D eigenvalue weighted by molar-refractivity contribution is -0.114. The fraction of sp³-hybridized carbons (Fsp3) is 0.294. The van der Waals surface area contributed by atoms with E-state index in [0.717, 1.165) is 16.8 Å². The molecule has 0 saturated heterocycles. The number of rotatable bonds is 3. The zero-order chi connectivity index (χ0) is 15.9. The Kier molecular flexibility index (Phi) is 3.58. The molecule has 1 aliphatic heterocycles. The number of ketones is 1. The van der Waals surface area contributed by atoms with Crippen LogP contribution in [0.15, 0.2) is 24.3 Å². The molecule has 1 atom stereocenters. The van der Waals surface area contributed by atoms with E-state index in [9.17, 15) is 14.7 Å². The summed E-state index contributed by atoms with van der Waals surface area (Å²) in [5.41, 5.74) is 3.63. The molecule has 0 radical (unpaired) electrons. The Balaban J connectivity index is 2.06. The first kappa shape index (κ1) is 14.5. The number of aldehydes is 1. The molecule has 1 aromatic heterocycles. The maximum Gasteiger partial charge on any atom is 0.213 e. The Hall–Kier alpha value is -2.40. The van der Waals surface area contributed by atoms with Crippen LogP contribution in [0.3, 0.4) is 0 Å². The monoisotopic (exact) mass is 299 g/mol. The molecule has 0 spiro atoms. The molecular formula is C17H17NO4. The zero-order valence-electron chi connectivity index (χ0n) is 12.5. The standard InChI is InChI=1S/C17H17NO4/c1-10-3-4-14-15(5-10)22-9-11-6-12(7-13(20)8-19)18(2)16(11)17(14)21/h3-6,8,13,20H,7,9H2,1-2H3. The van der Waals surface area contributed by atoms with Crippen molar-refractivity contribution >= 4 is 12.1 Å². The minimum Gasteiger partial charge on any atom is -0.488 e. The van der Waals surface area contributed by atoms with E-state index in [1.165, 1.54) is 0 Å². The molecule has 114 valence electrons. The second-order valence-corrected chi connectivity index (χ2v) is 5.59. The van der Waals surface area contributed by atoms with Crippen LogP contribution < -0.4 is 4.74 Å². The van der Waals surface area contributed by atoms with Crippen molar-refractivity contribution in [1.29, 1.82) is 0 Å². The Bertz CT molecular complexity index is 760. The first-order valence-electron chi connectivity index (χ1n) is 7.10. The minimum absolute atomic E-state index is 0.100. The van der Waals surface area contributed by atoms with Gasteiger partial charge in [0.05, 0.1) is 11.3 Å². The molecule has 1 unspecified atom stereocenters. The molecule has 0 saturated carbocycles. The highest BCUT2D eigenvalue weighted by molar-refractivity contribution is 6.11. The van der Waals surface area contributed by atoms with Gasteiger partial charge in [0.1, 0.15) is 24.7 Å². The van der Waals surface area contributed by atoms with E-state index in [4.69, 9.17) is 4.74 Å². The van der Waals surface area contributed by atoms with E-state index in [1.807, 2.05) is 25.1 Å². The highest BCUT2D eigenvalue weighted by Gasteiger charge is 2.27. The quantitative estimate of drug-likeness (QED) is 0.873. The van der Waals surface area contributed by atoms with Gasteiger partial charge >= 0.3 is 0 Å². The summed E-state index contributed by atoms with van der Waals surface area (Å²) in [6, 6.07) is 7.33. The van der Waals surface area contributed by atoms with Crippen molar-refractivity contribution in [2.24, 2.45) is 7.05 Å². The molecule has 1 aliphatic rings. The Morgan fingerprint density at radius 1 is 1.41 bits per heavy atom. The third-order valence-corrected chi connectivity index (χ3v) is 3.97. The molecule has 5 nitrogen and oxygen atoms in total. The molecule has 1 N–H and O–H groups in total. The van der Waals surface area contributed by atoms with E-state index in [2.05, 4.69) is 0 Å². The maximum atomic E-state index is 12.8. The van der Waals surface area contributed by atoms with E-state index in [1.54, 1.807) is 17.7 Å². The number of carbonyl (C=O) groups is 2. The topological polar surface area (TPSA) is 68.5 Å². The van der Waals surface area contributed by atoms with Gasteiger partial charge < -0.3 is 19.2 Å². The second kappa shape index (κ2) is 5.42. The van der Waals surface area contributed by atoms with Crippen LogP contribution in [0.1, 0.15) is 32.9 Å². The van der Waals surface area contributed by atoms with E-state index in [-0.39, 0.29) is 12.2 Å². The lowest BCUT2D eigenvalue weighted by atomic mass is 10.0. The second-order valence-electron chi connectivity index (χ2n) is 5.59. The van der Waals surface area contributed by atoms with Crippen molar-refractivity contribution in [3.05, 3.63) is 52.3 Å². The Labute approximate surface area is 128 Å². The van der Waals surface area contributed by atoms with Gasteiger partial charge in [-0.2, -0.15) is 0 Å².